The summed E-state index contributed by atoms with van der Waals surface area (Å²) in [5, 5.41) is 7.70. The van der Waals surface area contributed by atoms with Gasteiger partial charge in [-0.1, -0.05) is 176 Å². The largest absolute Gasteiger partial charge is 0.334 e. The fraction of sp³-hybridized carbons (Fsp3) is 0.0357. The van der Waals surface area contributed by atoms with E-state index in [1.54, 1.807) is 0 Å². The van der Waals surface area contributed by atoms with E-state index in [4.69, 9.17) is 0 Å². The Balaban J connectivity index is 0.937. The molecule has 0 N–H and O–H groups in total. The van der Waals surface area contributed by atoms with Crippen molar-refractivity contribution in [2.24, 2.45) is 0 Å². The second kappa shape index (κ2) is 14.3. The molecule has 2 heteroatoms. The van der Waals surface area contributed by atoms with Gasteiger partial charge in [0.15, 0.2) is 0 Å². The number of hydrogen-bond acceptors (Lipinski definition) is 1. The van der Waals surface area contributed by atoms with Crippen molar-refractivity contribution in [3.8, 4) is 27.9 Å². The third kappa shape index (κ3) is 5.90. The van der Waals surface area contributed by atoms with E-state index in [0.717, 1.165) is 12.1 Å². The first-order valence-corrected chi connectivity index (χ1v) is 20.2. The smallest absolute Gasteiger partial charge is 0.0560 e. The number of rotatable bonds is 7. The van der Waals surface area contributed by atoms with Crippen molar-refractivity contribution in [1.29, 1.82) is 0 Å². The zero-order valence-corrected chi connectivity index (χ0v) is 32.0. The second-order valence-corrected chi connectivity index (χ2v) is 15.3. The summed E-state index contributed by atoms with van der Waals surface area (Å²) < 4.78 is 2.41. The molecule has 10 aromatic rings. The van der Waals surface area contributed by atoms with E-state index in [0.29, 0.717) is 0 Å². The molecule has 1 unspecified atom stereocenters. The molecule has 1 heterocycles. The van der Waals surface area contributed by atoms with Crippen LogP contribution in [0.15, 0.2) is 224 Å². The molecular formula is C56H40N2. The molecule has 274 valence electrons. The second-order valence-electron chi connectivity index (χ2n) is 15.3. The zero-order valence-electron chi connectivity index (χ0n) is 32.0. The molecule has 0 amide bonds. The molecule has 1 atom stereocenters. The van der Waals surface area contributed by atoms with Gasteiger partial charge in [0.1, 0.15) is 0 Å². The number of benzene rings is 9. The molecule has 0 bridgehead atoms. The molecule has 0 aliphatic heterocycles. The van der Waals surface area contributed by atoms with Crippen LogP contribution >= 0.6 is 0 Å². The number of nitrogens with zero attached hydrogens (tertiary/aromatic N) is 2. The van der Waals surface area contributed by atoms with Crippen LogP contribution in [0.4, 0.5) is 11.4 Å². The van der Waals surface area contributed by atoms with Crippen LogP contribution in [0.3, 0.4) is 0 Å². The summed E-state index contributed by atoms with van der Waals surface area (Å²) in [4.78, 5) is 2.50. The highest BCUT2D eigenvalue weighted by molar-refractivity contribution is 6.21. The fourth-order valence-corrected chi connectivity index (χ4v) is 9.11. The number of para-hydroxylation sites is 1. The molecular weight excluding hydrogens is 701 g/mol. The summed E-state index contributed by atoms with van der Waals surface area (Å²) in [6.07, 6.45) is 8.01. The lowest BCUT2D eigenvalue weighted by Gasteiger charge is -2.34. The van der Waals surface area contributed by atoms with Crippen molar-refractivity contribution in [3.63, 3.8) is 0 Å². The topological polar surface area (TPSA) is 8.17 Å². The number of fused-ring (bicyclic) bond motifs is 6. The maximum Gasteiger partial charge on any atom is 0.0560 e. The Hall–Kier alpha value is -7.42. The minimum Gasteiger partial charge on any atom is -0.334 e. The molecule has 0 fully saturated rings. The summed E-state index contributed by atoms with van der Waals surface area (Å²) in [7, 11) is 0. The highest BCUT2D eigenvalue weighted by Crippen LogP contribution is 2.39. The molecule has 0 saturated carbocycles. The molecule has 11 rings (SSSR count). The Morgan fingerprint density at radius 3 is 1.83 bits per heavy atom. The number of hydrogen-bond donors (Lipinski definition) is 0. The quantitative estimate of drug-likeness (QED) is 0.158. The third-order valence-electron chi connectivity index (χ3n) is 11.9. The average Bonchev–Trinajstić information content (AvgIpc) is 3.65. The van der Waals surface area contributed by atoms with Gasteiger partial charge in [0.2, 0.25) is 0 Å². The van der Waals surface area contributed by atoms with E-state index in [9.17, 15) is 0 Å². The van der Waals surface area contributed by atoms with E-state index >= 15 is 0 Å². The third-order valence-corrected chi connectivity index (χ3v) is 11.9. The Morgan fingerprint density at radius 2 is 1.05 bits per heavy atom. The van der Waals surface area contributed by atoms with Crippen molar-refractivity contribution in [3.05, 3.63) is 230 Å². The van der Waals surface area contributed by atoms with Gasteiger partial charge >= 0.3 is 0 Å². The van der Waals surface area contributed by atoms with Gasteiger partial charge in [0, 0.05) is 27.8 Å². The lowest BCUT2D eigenvalue weighted by atomic mass is 9.92. The van der Waals surface area contributed by atoms with Gasteiger partial charge in [-0.3, -0.25) is 0 Å². The molecule has 0 radical (unpaired) electrons. The van der Waals surface area contributed by atoms with Crippen molar-refractivity contribution < 1.29 is 0 Å². The normalized spacial score (nSPS) is 14.0. The van der Waals surface area contributed by atoms with Gasteiger partial charge in [-0.2, -0.15) is 0 Å². The molecule has 2 nitrogen and oxygen atoms in total. The van der Waals surface area contributed by atoms with Crippen LogP contribution in [-0.2, 0) is 0 Å². The van der Waals surface area contributed by atoms with Gasteiger partial charge in [0.05, 0.1) is 17.1 Å². The predicted octanol–water partition coefficient (Wildman–Crippen LogP) is 15.0. The molecule has 1 aliphatic carbocycles. The molecule has 1 aromatic heterocycles. The average molecular weight is 741 g/mol. The first kappa shape index (κ1) is 33.9. The molecule has 1 aliphatic rings. The Labute approximate surface area is 338 Å². The Morgan fingerprint density at radius 1 is 0.431 bits per heavy atom. The number of allylic oxidation sites excluding steroid dienone is 2. The summed E-state index contributed by atoms with van der Waals surface area (Å²) in [5.41, 5.74) is 13.3. The molecule has 0 saturated heterocycles. The maximum atomic E-state index is 2.50. The van der Waals surface area contributed by atoms with E-state index in [-0.39, 0.29) is 6.04 Å². The van der Waals surface area contributed by atoms with E-state index in [2.05, 4.69) is 234 Å². The lowest BCUT2D eigenvalue weighted by Crippen LogP contribution is -2.30. The first-order valence-electron chi connectivity index (χ1n) is 20.2. The van der Waals surface area contributed by atoms with Crippen molar-refractivity contribution >= 4 is 60.3 Å². The van der Waals surface area contributed by atoms with Crippen LogP contribution < -0.4 is 4.90 Å². The van der Waals surface area contributed by atoms with Gasteiger partial charge in [0.25, 0.3) is 0 Å². The van der Waals surface area contributed by atoms with Crippen molar-refractivity contribution in [1.82, 2.24) is 4.57 Å². The van der Waals surface area contributed by atoms with Crippen LogP contribution in [0.1, 0.15) is 12.0 Å². The Bertz CT molecular complexity index is 3180. The zero-order chi connectivity index (χ0) is 38.4. The fourth-order valence-electron chi connectivity index (χ4n) is 9.11. The van der Waals surface area contributed by atoms with Crippen LogP contribution in [0.25, 0.3) is 76.9 Å². The monoisotopic (exact) mass is 740 g/mol. The van der Waals surface area contributed by atoms with Gasteiger partial charge in [-0.05, 0) is 110 Å². The SMILES string of the molecule is C1=CC(N(c2ccc(-c3ccc(-n4c5ccccc5c5c6ccccc6ccc54)cc3)cc2)c2cccc(-c3ccccc3)c2)CC=C1c1cccc2ccccc12. The minimum atomic E-state index is 0.151. The molecule has 9 aromatic carbocycles. The highest BCUT2D eigenvalue weighted by atomic mass is 15.2. The number of anilines is 2. The summed E-state index contributed by atoms with van der Waals surface area (Å²) in [6.45, 7) is 0. The summed E-state index contributed by atoms with van der Waals surface area (Å²) in [5.74, 6) is 0. The Kier molecular flexibility index (Phi) is 8.33. The van der Waals surface area contributed by atoms with Gasteiger partial charge in [-0.15, -0.1) is 0 Å². The number of aromatic nitrogens is 1. The summed E-state index contributed by atoms with van der Waals surface area (Å²) in [6, 6.07) is 75.2. The van der Waals surface area contributed by atoms with E-state index in [1.807, 2.05) is 0 Å². The van der Waals surface area contributed by atoms with Crippen LogP contribution in [0.5, 0.6) is 0 Å². The first-order chi connectivity index (χ1) is 28.8. The lowest BCUT2D eigenvalue weighted by molar-refractivity contribution is 0.787. The molecule has 58 heavy (non-hydrogen) atoms. The van der Waals surface area contributed by atoms with E-state index < -0.39 is 0 Å². The van der Waals surface area contributed by atoms with Crippen molar-refractivity contribution in [2.75, 3.05) is 4.90 Å². The standard InChI is InChI=1S/C56H40N2/c1-2-12-39(13-3-1)45-17-10-18-49(38-45)57(47-35-28-44(29-36-47)51-22-11-16-42-14-4-6-19-50(42)51)46-31-24-40(25-32-46)41-26-33-48(34-27-41)58-54-23-9-8-21-53(54)56-52-20-7-5-15-43(52)30-37-55(56)58/h1-35,37-38,47H,36H2. The summed E-state index contributed by atoms with van der Waals surface area (Å²) >= 11 is 0. The van der Waals surface area contributed by atoms with Crippen LogP contribution in [0, 0.1) is 0 Å². The molecule has 0 spiro atoms. The van der Waals surface area contributed by atoms with Gasteiger partial charge in [-0.25, -0.2) is 0 Å². The van der Waals surface area contributed by atoms with Crippen molar-refractivity contribution in [2.45, 2.75) is 12.5 Å². The highest BCUT2D eigenvalue weighted by Gasteiger charge is 2.22. The van der Waals surface area contributed by atoms with Crippen LogP contribution in [-0.4, -0.2) is 10.6 Å². The minimum absolute atomic E-state index is 0.151. The van der Waals surface area contributed by atoms with E-state index in [1.165, 1.54) is 88.1 Å². The maximum absolute atomic E-state index is 2.50. The predicted molar refractivity (Wildman–Crippen MR) is 247 cm³/mol. The van der Waals surface area contributed by atoms with Crippen LogP contribution in [0.2, 0.25) is 0 Å². The van der Waals surface area contributed by atoms with Gasteiger partial charge < -0.3 is 9.47 Å².